The zero-order chi connectivity index (χ0) is 42.3. The van der Waals surface area contributed by atoms with E-state index in [1.165, 1.54) is 17.3 Å². The van der Waals surface area contributed by atoms with Crippen molar-refractivity contribution >= 4 is 13.3 Å². The Morgan fingerprint density at radius 3 is 1.60 bits per heavy atom. The molecule has 244 valence electrons. The zero-order valence-electron chi connectivity index (χ0n) is 37.7. The molecule has 0 bridgehead atoms. The fourth-order valence-electron chi connectivity index (χ4n) is 6.46. The van der Waals surface area contributed by atoms with Crippen molar-refractivity contribution in [2.24, 2.45) is 0 Å². The zero-order valence-corrected chi connectivity index (χ0v) is 29.7. The van der Waals surface area contributed by atoms with Gasteiger partial charge >= 0.3 is 0 Å². The van der Waals surface area contributed by atoms with Crippen molar-refractivity contribution in [1.82, 2.24) is 15.0 Å². The number of aryl methyl sites for hydroxylation is 1. The highest BCUT2D eigenvalue weighted by Crippen LogP contribution is 2.50. The maximum Gasteiger partial charge on any atom is 0.164 e. The first-order chi connectivity index (χ1) is 27.8. The SMILES string of the molecule is [2H]c1c([2H])c2c(c([2H])c1-c1ccc([Si](C)(C)C)cc1)C(C)(C)c1c([2H])c(-c3cccc(-c4nc(-c5ccccc5)nc(-c5ccc(C([2H])([2H])[2H])cc5)n4)c3)c([2H])c([2H])c1-2. The molecule has 0 saturated carbocycles. The van der Waals surface area contributed by atoms with Gasteiger partial charge in [-0.3, -0.25) is 0 Å². The lowest BCUT2D eigenvalue weighted by molar-refractivity contribution is 0.661. The van der Waals surface area contributed by atoms with Gasteiger partial charge in [-0.05, 0) is 69.5 Å². The first-order valence-electron chi connectivity index (χ1n) is 21.2. The van der Waals surface area contributed by atoms with E-state index < -0.39 is 20.3 Å². The third kappa shape index (κ3) is 5.80. The van der Waals surface area contributed by atoms with E-state index in [0.29, 0.717) is 56.4 Å². The fraction of sp³-hybridized carbons (Fsp3) is 0.152. The summed E-state index contributed by atoms with van der Waals surface area (Å²) in [6.07, 6.45) is 0. The molecule has 1 aromatic heterocycles. The molecule has 0 fully saturated rings. The van der Waals surface area contributed by atoms with E-state index in [1.807, 2.05) is 74.5 Å². The molecule has 0 saturated heterocycles. The van der Waals surface area contributed by atoms with Crippen LogP contribution >= 0.6 is 0 Å². The minimum absolute atomic E-state index is 0.0152. The second-order valence-corrected chi connectivity index (χ2v) is 19.4. The van der Waals surface area contributed by atoms with Crippen molar-refractivity contribution in [3.63, 3.8) is 0 Å². The summed E-state index contributed by atoms with van der Waals surface area (Å²) >= 11 is 0. The fourth-order valence-corrected chi connectivity index (χ4v) is 7.63. The van der Waals surface area contributed by atoms with Crippen molar-refractivity contribution in [3.8, 4) is 67.5 Å². The number of rotatable bonds is 6. The molecule has 0 unspecified atom stereocenters. The number of hydrogen-bond acceptors (Lipinski definition) is 3. The van der Waals surface area contributed by atoms with Gasteiger partial charge in [0.15, 0.2) is 17.5 Å². The molecule has 1 heterocycles. The highest BCUT2D eigenvalue weighted by atomic mass is 28.3. The van der Waals surface area contributed by atoms with E-state index in [-0.39, 0.29) is 58.5 Å². The van der Waals surface area contributed by atoms with Crippen LogP contribution in [0.15, 0.2) is 139 Å². The molecule has 1 aliphatic carbocycles. The van der Waals surface area contributed by atoms with Gasteiger partial charge in [-0.1, -0.05) is 165 Å². The Bertz CT molecular complexity index is 2810. The number of hydrogen-bond donors (Lipinski definition) is 0. The number of benzene rings is 6. The summed E-state index contributed by atoms with van der Waals surface area (Å²) in [6, 6.07) is 30.5. The van der Waals surface area contributed by atoms with Gasteiger partial charge in [0.25, 0.3) is 0 Å². The van der Waals surface area contributed by atoms with Crippen LogP contribution in [0.5, 0.6) is 0 Å². The molecular weight excluding hydrogens is 623 g/mol. The molecule has 4 heteroatoms. The Kier molecular flexibility index (Phi) is 5.60. The van der Waals surface area contributed by atoms with Crippen molar-refractivity contribution in [2.75, 3.05) is 0 Å². The van der Waals surface area contributed by atoms with Crippen LogP contribution in [0.4, 0.5) is 0 Å². The smallest absolute Gasteiger partial charge is 0.164 e. The van der Waals surface area contributed by atoms with Gasteiger partial charge in [0.1, 0.15) is 0 Å². The van der Waals surface area contributed by atoms with E-state index >= 15 is 0 Å². The molecule has 8 rings (SSSR count). The Morgan fingerprint density at radius 2 is 1.02 bits per heavy atom. The van der Waals surface area contributed by atoms with Gasteiger partial charge in [-0.2, -0.15) is 0 Å². The lowest BCUT2D eigenvalue weighted by atomic mass is 9.81. The van der Waals surface area contributed by atoms with Crippen LogP contribution in [-0.4, -0.2) is 23.0 Å². The van der Waals surface area contributed by atoms with E-state index in [4.69, 9.17) is 20.4 Å². The minimum Gasteiger partial charge on any atom is -0.208 e. The van der Waals surface area contributed by atoms with Gasteiger partial charge in [0.05, 0.1) is 16.3 Å². The average molecular weight is 673 g/mol. The van der Waals surface area contributed by atoms with E-state index in [2.05, 4.69) is 19.6 Å². The Balaban J connectivity index is 1.27. The average Bonchev–Trinajstić information content (AvgIpc) is 3.46. The molecule has 0 spiro atoms. The molecule has 0 amide bonds. The molecule has 3 nitrogen and oxygen atoms in total. The van der Waals surface area contributed by atoms with Gasteiger partial charge in [-0.15, -0.1) is 0 Å². The summed E-state index contributed by atoms with van der Waals surface area (Å²) in [4.78, 5) is 14.4. The summed E-state index contributed by atoms with van der Waals surface area (Å²) in [5.74, 6) is 1.06. The molecule has 0 radical (unpaired) electrons. The highest BCUT2D eigenvalue weighted by Gasteiger charge is 2.36. The number of nitrogens with zero attached hydrogens (tertiary/aromatic N) is 3. The van der Waals surface area contributed by atoms with E-state index in [1.54, 1.807) is 30.3 Å². The lowest BCUT2D eigenvalue weighted by Gasteiger charge is -2.23. The normalized spacial score (nSPS) is 16.0. The first-order valence-corrected chi connectivity index (χ1v) is 20.2. The van der Waals surface area contributed by atoms with Crippen LogP contribution in [0.3, 0.4) is 0 Å². The maximum absolute atomic E-state index is 9.71. The number of aromatic nitrogens is 3. The molecule has 6 aromatic carbocycles. The van der Waals surface area contributed by atoms with Crippen molar-refractivity contribution < 1.29 is 12.3 Å². The molecule has 7 aromatic rings. The predicted octanol–water partition coefficient (Wildman–Crippen LogP) is 11.4. The van der Waals surface area contributed by atoms with Crippen LogP contribution in [0.1, 0.15) is 42.9 Å². The number of fused-ring (bicyclic) bond motifs is 3. The molecule has 0 aliphatic heterocycles. The molecule has 50 heavy (non-hydrogen) atoms. The molecule has 0 atom stereocenters. The Hall–Kier alpha value is -5.45. The summed E-state index contributed by atoms with van der Waals surface area (Å²) in [5.41, 5.74) is 4.28. The second-order valence-electron chi connectivity index (χ2n) is 14.3. The van der Waals surface area contributed by atoms with Crippen LogP contribution in [0.25, 0.3) is 67.5 Å². The van der Waals surface area contributed by atoms with E-state index in [0.717, 1.165) is 5.56 Å². The largest absolute Gasteiger partial charge is 0.208 e. The first kappa shape index (κ1) is 23.0. The Labute approximate surface area is 309 Å². The quantitative estimate of drug-likeness (QED) is 0.165. The highest BCUT2D eigenvalue weighted by molar-refractivity contribution is 6.88. The second kappa shape index (κ2) is 12.2. The van der Waals surface area contributed by atoms with Gasteiger partial charge < -0.3 is 0 Å². The van der Waals surface area contributed by atoms with Crippen LogP contribution < -0.4 is 5.19 Å². The Morgan fingerprint density at radius 1 is 0.520 bits per heavy atom. The monoisotopic (exact) mass is 672 g/mol. The molecule has 0 N–H and O–H groups in total. The maximum atomic E-state index is 9.71. The van der Waals surface area contributed by atoms with Crippen molar-refractivity contribution in [2.45, 2.75) is 45.8 Å². The topological polar surface area (TPSA) is 38.7 Å². The summed E-state index contributed by atoms with van der Waals surface area (Å²) in [5, 5.41) is 1.24. The third-order valence-corrected chi connectivity index (χ3v) is 11.4. The van der Waals surface area contributed by atoms with Gasteiger partial charge in [0.2, 0.25) is 0 Å². The van der Waals surface area contributed by atoms with Crippen molar-refractivity contribution in [3.05, 3.63) is 156 Å². The lowest BCUT2D eigenvalue weighted by Crippen LogP contribution is -2.37. The van der Waals surface area contributed by atoms with Crippen LogP contribution in [0, 0.1) is 6.85 Å². The summed E-state index contributed by atoms with van der Waals surface area (Å²) in [7, 11) is -1.61. The van der Waals surface area contributed by atoms with Crippen molar-refractivity contribution in [1.29, 1.82) is 0 Å². The standard InChI is InChI=1S/C46H41N3Si/c1-30-15-17-33(18-16-30)44-47-43(32-11-8-7-9-12-32)48-45(49-44)37-14-10-13-34(27-37)36-22-26-40-39-25-21-35(28-41(39)46(2,3)42(40)29-36)31-19-23-38(24-20-31)50(4,5)6/h7-29H,1-6H3/i1D3,21D,22D,25D,26D,28D,29D. The molecule has 1 aliphatic rings. The van der Waals surface area contributed by atoms with Gasteiger partial charge in [0, 0.05) is 26.2 Å². The molecular formula is C46H41N3Si. The van der Waals surface area contributed by atoms with E-state index in [9.17, 15) is 6.85 Å². The van der Waals surface area contributed by atoms with Crippen LogP contribution in [0.2, 0.25) is 19.6 Å². The van der Waals surface area contributed by atoms with Gasteiger partial charge in [-0.25, -0.2) is 15.0 Å². The predicted molar refractivity (Wildman–Crippen MR) is 212 cm³/mol. The third-order valence-electron chi connectivity index (χ3n) is 9.38. The minimum atomic E-state index is -2.26. The summed E-state index contributed by atoms with van der Waals surface area (Å²) < 4.78 is 79.7. The van der Waals surface area contributed by atoms with Crippen LogP contribution in [-0.2, 0) is 5.41 Å². The summed E-state index contributed by atoms with van der Waals surface area (Å²) in [6.45, 7) is 8.28.